The molecule has 0 aromatic heterocycles. The Labute approximate surface area is 223 Å². The minimum Gasteiger partial charge on any atom is -0.481 e. The van der Waals surface area contributed by atoms with Crippen LogP contribution in [0.4, 0.5) is 4.39 Å². The number of morpholine rings is 1. The topological polar surface area (TPSA) is 104 Å². The number of esters is 1. The number of piperidine rings is 1. The highest BCUT2D eigenvalue weighted by atomic mass is 35.5. The van der Waals surface area contributed by atoms with Gasteiger partial charge in [0.25, 0.3) is 0 Å². The van der Waals surface area contributed by atoms with Gasteiger partial charge in [-0.25, -0.2) is 4.39 Å². The lowest BCUT2D eigenvalue weighted by Gasteiger charge is -2.49. The van der Waals surface area contributed by atoms with Gasteiger partial charge in [-0.1, -0.05) is 35.5 Å². The molecule has 1 aromatic carbocycles. The molecular weight excluding hydrogens is 523 g/mol. The molecule has 0 saturated carbocycles. The number of halogens is 2. The summed E-state index contributed by atoms with van der Waals surface area (Å²) in [7, 11) is 1.31. The van der Waals surface area contributed by atoms with E-state index in [1.165, 1.54) is 24.9 Å². The summed E-state index contributed by atoms with van der Waals surface area (Å²) in [5.74, 6) is -1.67. The number of ether oxygens (including phenoxy) is 2. The van der Waals surface area contributed by atoms with Crippen molar-refractivity contribution in [3.8, 4) is 0 Å². The van der Waals surface area contributed by atoms with E-state index in [1.807, 2.05) is 11.0 Å². The van der Waals surface area contributed by atoms with Crippen LogP contribution >= 0.6 is 23.4 Å². The Kier molecular flexibility index (Phi) is 7.85. The molecule has 198 valence electrons. The van der Waals surface area contributed by atoms with Crippen molar-refractivity contribution in [2.45, 2.75) is 42.6 Å². The lowest BCUT2D eigenvalue weighted by molar-refractivity contribution is -0.141. The molecule has 2 bridgehead atoms. The number of nitrogens with zero attached hydrogens (tertiary/aromatic N) is 4. The molecule has 4 aliphatic heterocycles. The maximum Gasteiger partial charge on any atom is 0.321 e. The number of benzene rings is 1. The van der Waals surface area contributed by atoms with Gasteiger partial charge in [-0.15, -0.1) is 0 Å². The van der Waals surface area contributed by atoms with E-state index in [9.17, 15) is 19.1 Å². The average Bonchev–Trinajstić information content (AvgIpc) is 3.30. The molecule has 0 aliphatic carbocycles. The Morgan fingerprint density at radius 1 is 1.30 bits per heavy atom. The quantitative estimate of drug-likeness (QED) is 0.538. The van der Waals surface area contributed by atoms with E-state index in [-0.39, 0.29) is 29.4 Å². The van der Waals surface area contributed by atoms with Crippen LogP contribution in [0.25, 0.3) is 0 Å². The van der Waals surface area contributed by atoms with Crippen LogP contribution in [0, 0.1) is 11.7 Å². The summed E-state index contributed by atoms with van der Waals surface area (Å²) >= 11 is 7.50. The molecule has 1 N–H and O–H groups in total. The van der Waals surface area contributed by atoms with Crippen molar-refractivity contribution >= 4 is 46.8 Å². The van der Waals surface area contributed by atoms with Crippen molar-refractivity contribution in [3.63, 3.8) is 0 Å². The van der Waals surface area contributed by atoms with Crippen molar-refractivity contribution in [3.05, 3.63) is 46.4 Å². The maximum atomic E-state index is 14.2. The fraction of sp³-hybridized carbons (Fsp3) is 0.520. The van der Waals surface area contributed by atoms with Gasteiger partial charge < -0.3 is 14.6 Å². The normalized spacial score (nSPS) is 29.6. The highest BCUT2D eigenvalue weighted by molar-refractivity contribution is 8.15. The fourth-order valence-corrected chi connectivity index (χ4v) is 6.97. The SMILES string of the molecule is COC(=O)[C@@H]1SC(N2C=NCC=C2CN2[C@@H]3COC[C@H]2CC(CC(=O)O)C3)=N[C@@H]1c1cccc(F)c1Cl. The highest BCUT2D eigenvalue weighted by Crippen LogP contribution is 2.43. The molecule has 5 atom stereocenters. The summed E-state index contributed by atoms with van der Waals surface area (Å²) in [4.78, 5) is 37.4. The van der Waals surface area contributed by atoms with E-state index in [0.717, 1.165) is 18.5 Å². The zero-order valence-electron chi connectivity index (χ0n) is 20.3. The summed E-state index contributed by atoms with van der Waals surface area (Å²) in [5.41, 5.74) is 1.38. The number of thioether (sulfide) groups is 1. The number of fused-ring (bicyclic) bond motifs is 2. The molecule has 1 unspecified atom stereocenters. The average molecular weight is 551 g/mol. The van der Waals surface area contributed by atoms with Crippen LogP contribution in [0.5, 0.6) is 0 Å². The standard InChI is InChI=1S/C25H28ClFN4O5S/c1-35-24(34)23-22(18-3-2-4-19(27)21(18)26)29-25(37-23)31-13-28-6-5-15(31)10-30-16-7-14(9-20(32)33)8-17(30)12-36-11-16/h2-5,13-14,16-17,22-23H,6-12H2,1H3,(H,32,33)/t14?,16-,17+,22-,23-/m1/s1. The monoisotopic (exact) mass is 550 g/mol. The lowest BCUT2D eigenvalue weighted by atomic mass is 9.83. The Morgan fingerprint density at radius 2 is 2.05 bits per heavy atom. The number of carbonyl (C=O) groups excluding carboxylic acids is 1. The van der Waals surface area contributed by atoms with Crippen LogP contribution in [0.15, 0.2) is 40.0 Å². The first-order valence-corrected chi connectivity index (χ1v) is 13.4. The van der Waals surface area contributed by atoms with Gasteiger partial charge in [-0.05, 0) is 36.5 Å². The smallest absolute Gasteiger partial charge is 0.321 e. The zero-order valence-corrected chi connectivity index (χ0v) is 21.8. The third kappa shape index (κ3) is 5.41. The van der Waals surface area contributed by atoms with Crippen LogP contribution in [0.3, 0.4) is 0 Å². The summed E-state index contributed by atoms with van der Waals surface area (Å²) in [6, 6.07) is 4.02. The summed E-state index contributed by atoms with van der Waals surface area (Å²) in [6.45, 7) is 2.26. The molecule has 2 fully saturated rings. The largest absolute Gasteiger partial charge is 0.481 e. The van der Waals surface area contributed by atoms with Crippen molar-refractivity contribution in [1.29, 1.82) is 0 Å². The highest BCUT2D eigenvalue weighted by Gasteiger charge is 2.43. The number of carboxylic acids is 1. The number of rotatable bonds is 6. The van der Waals surface area contributed by atoms with E-state index >= 15 is 0 Å². The van der Waals surface area contributed by atoms with Crippen LogP contribution in [0.2, 0.25) is 5.02 Å². The van der Waals surface area contributed by atoms with Gasteiger partial charge in [-0.2, -0.15) is 0 Å². The predicted molar refractivity (Wildman–Crippen MR) is 138 cm³/mol. The van der Waals surface area contributed by atoms with Crippen LogP contribution in [0.1, 0.15) is 30.9 Å². The molecule has 0 spiro atoms. The number of carboxylic acid groups (broad SMARTS) is 1. The Hall–Kier alpha value is -2.47. The third-order valence-corrected chi connectivity index (χ3v) is 8.84. The molecule has 5 rings (SSSR count). The lowest BCUT2D eigenvalue weighted by Crippen LogP contribution is -2.58. The van der Waals surface area contributed by atoms with Crippen LogP contribution in [-0.4, -0.2) is 89.1 Å². The molecule has 1 aromatic rings. The molecule has 37 heavy (non-hydrogen) atoms. The van der Waals surface area contributed by atoms with Crippen molar-refractivity contribution in [2.24, 2.45) is 15.9 Å². The summed E-state index contributed by atoms with van der Waals surface area (Å²) in [6.07, 6.45) is 5.44. The number of carbonyl (C=O) groups is 2. The van der Waals surface area contributed by atoms with Crippen LogP contribution in [-0.2, 0) is 19.1 Å². The second-order valence-electron chi connectivity index (χ2n) is 9.56. The number of aliphatic imine (C=N–C) groups is 2. The number of amidine groups is 1. The first-order chi connectivity index (χ1) is 17.9. The molecule has 2 saturated heterocycles. The van der Waals surface area contributed by atoms with E-state index in [1.54, 1.807) is 18.5 Å². The van der Waals surface area contributed by atoms with Gasteiger partial charge in [0.15, 0.2) is 5.17 Å². The molecular formula is C25H28ClFN4O5S. The third-order valence-electron chi connectivity index (χ3n) is 7.22. The zero-order chi connectivity index (χ0) is 26.1. The molecule has 0 radical (unpaired) electrons. The van der Waals surface area contributed by atoms with E-state index in [4.69, 9.17) is 26.1 Å². The first kappa shape index (κ1) is 26.1. The number of hydrogen-bond donors (Lipinski definition) is 1. The summed E-state index contributed by atoms with van der Waals surface area (Å²) < 4.78 is 25.1. The molecule has 4 aliphatic rings. The second kappa shape index (κ2) is 11.1. The fourth-order valence-electron chi connectivity index (χ4n) is 5.52. The number of aliphatic carboxylic acids is 1. The Morgan fingerprint density at radius 3 is 2.76 bits per heavy atom. The van der Waals surface area contributed by atoms with Gasteiger partial charge in [0.05, 0.1) is 38.2 Å². The van der Waals surface area contributed by atoms with E-state index < -0.39 is 29.0 Å². The molecule has 9 nitrogen and oxygen atoms in total. The van der Waals surface area contributed by atoms with Crippen molar-refractivity contribution in [2.75, 3.05) is 33.4 Å². The Bertz CT molecular complexity index is 1150. The van der Waals surface area contributed by atoms with Gasteiger partial charge >= 0.3 is 11.9 Å². The minimum atomic E-state index is -0.765. The molecule has 12 heteroatoms. The van der Waals surface area contributed by atoms with Crippen molar-refractivity contribution < 1.29 is 28.6 Å². The Balaban J connectivity index is 1.39. The first-order valence-electron chi connectivity index (χ1n) is 12.2. The van der Waals surface area contributed by atoms with E-state index in [2.05, 4.69) is 9.89 Å². The summed E-state index contributed by atoms with van der Waals surface area (Å²) in [5, 5.41) is 9.04. The maximum absolute atomic E-state index is 14.2. The van der Waals surface area contributed by atoms with Gasteiger partial charge in [0.2, 0.25) is 0 Å². The number of methoxy groups -OCH3 is 1. The van der Waals surface area contributed by atoms with Gasteiger partial charge in [0.1, 0.15) is 17.1 Å². The second-order valence-corrected chi connectivity index (χ2v) is 11.0. The van der Waals surface area contributed by atoms with Gasteiger partial charge in [0, 0.05) is 30.7 Å². The number of hydrogen-bond acceptors (Lipinski definition) is 9. The molecule has 4 heterocycles. The van der Waals surface area contributed by atoms with E-state index in [0.29, 0.717) is 37.0 Å². The predicted octanol–water partition coefficient (Wildman–Crippen LogP) is 3.35. The van der Waals surface area contributed by atoms with Gasteiger partial charge in [-0.3, -0.25) is 29.4 Å². The van der Waals surface area contributed by atoms with Crippen molar-refractivity contribution in [1.82, 2.24) is 9.80 Å². The molecule has 0 amide bonds. The van der Waals surface area contributed by atoms with Crippen LogP contribution < -0.4 is 0 Å². The minimum absolute atomic E-state index is 0.0628.